The molecular weight excluding hydrogens is 1520 g/mol. The molecule has 0 spiro atoms. The summed E-state index contributed by atoms with van der Waals surface area (Å²) in [5, 5.41) is 68.7. The Bertz CT molecular complexity index is 3820. The fraction of sp³-hybridized carbons (Fsp3) is 0.557. The number of carbonyl (C=O) groups excluding carboxylic acids is 9. The number of likely N-dealkylation sites (N-methyl/N-ethyl adjacent to an activating group) is 2. The number of carboxylic acids is 1. The third kappa shape index (κ3) is 29.5. The van der Waals surface area contributed by atoms with Gasteiger partial charge in [-0.05, 0) is 170 Å². The third-order valence-corrected chi connectivity index (χ3v) is 20.9. The predicted molar refractivity (Wildman–Crippen MR) is 421 cm³/mol. The van der Waals surface area contributed by atoms with Gasteiger partial charge in [-0.15, -0.1) is 0 Å². The molecule has 0 aliphatic carbocycles. The predicted octanol–water partition coefficient (Wildman–Crippen LogP) is 1.93. The van der Waals surface area contributed by atoms with E-state index in [0.717, 1.165) is 95.1 Å². The summed E-state index contributed by atoms with van der Waals surface area (Å²) in [6.07, 6.45) is 16.2. The van der Waals surface area contributed by atoms with Gasteiger partial charge in [0.05, 0.1) is 35.9 Å². The number of allylic oxidation sites excluding steroid dienone is 6. The van der Waals surface area contributed by atoms with Crippen molar-refractivity contribution in [2.75, 3.05) is 51.2 Å². The maximum atomic E-state index is 14.0. The first-order valence-corrected chi connectivity index (χ1v) is 39.7. The van der Waals surface area contributed by atoms with Crippen molar-refractivity contribution in [2.45, 2.75) is 229 Å². The van der Waals surface area contributed by atoms with Gasteiger partial charge in [-0.25, -0.2) is 0 Å². The minimum atomic E-state index is -1.39. The van der Waals surface area contributed by atoms with Crippen molar-refractivity contribution < 1.29 is 143 Å². The van der Waals surface area contributed by atoms with E-state index in [1.807, 2.05) is 82.3 Å². The van der Waals surface area contributed by atoms with Gasteiger partial charge >= 0.3 is 57.4 Å². The zero-order valence-corrected chi connectivity index (χ0v) is 72.4. The molecule has 0 aromatic heterocycles. The second-order valence-corrected chi connectivity index (χ2v) is 31.4. The summed E-state index contributed by atoms with van der Waals surface area (Å²) in [6, 6.07) is 10.8. The molecule has 0 saturated carbocycles. The summed E-state index contributed by atoms with van der Waals surface area (Å²) in [5.74, 6) is -6.58. The molecule has 3 aromatic carbocycles. The van der Waals surface area contributed by atoms with Crippen LogP contribution in [-0.2, 0) is 83.9 Å². The van der Waals surface area contributed by atoms with Crippen LogP contribution in [0, 0.1) is 17.8 Å². The van der Waals surface area contributed by atoms with Crippen LogP contribution in [0.1, 0.15) is 177 Å². The zero-order chi connectivity index (χ0) is 83.0. The third-order valence-electron chi connectivity index (χ3n) is 19.7. The van der Waals surface area contributed by atoms with Crippen molar-refractivity contribution in [2.24, 2.45) is 29.2 Å². The molecule has 34 heteroatoms. The van der Waals surface area contributed by atoms with Crippen LogP contribution < -0.4 is 121 Å². The molecule has 0 radical (unpaired) electrons. The number of amides is 9. The van der Waals surface area contributed by atoms with E-state index in [9.17, 15) is 68.7 Å². The Hall–Kier alpha value is -7.13. The average molecular weight is 1640 g/mol. The van der Waals surface area contributed by atoms with Gasteiger partial charge in [0.2, 0.25) is 58.9 Å². The quantitative estimate of drug-likeness (QED) is 0.00732. The Morgan fingerprint density at radius 3 is 1.88 bits per heavy atom. The number of hydrogen-bond donors (Lipinski definition) is 12. The number of phenolic OH excluding ortho intramolecular Hbond substituents is 1. The first-order chi connectivity index (χ1) is 53.2. The molecule has 3 aromatic rings. The number of carbonyl (C=O) groups is 10. The van der Waals surface area contributed by atoms with Crippen LogP contribution in [0.2, 0.25) is 0 Å². The number of rotatable bonds is 44. The number of phenols is 1. The van der Waals surface area contributed by atoms with E-state index < -0.39 is 101 Å². The fourth-order valence-electron chi connectivity index (χ4n) is 13.6. The maximum Gasteiger partial charge on any atom is 1.00 e. The van der Waals surface area contributed by atoms with Gasteiger partial charge in [0, 0.05) is 96.2 Å². The monoisotopic (exact) mass is 1640 g/mol. The number of aliphatic carboxylic acids is 1. The number of carboxylic acid groups (broad SMARTS) is 1. The van der Waals surface area contributed by atoms with Crippen LogP contribution >= 0.6 is 24.1 Å². The van der Waals surface area contributed by atoms with E-state index in [2.05, 4.69) is 118 Å². The molecule has 113 heavy (non-hydrogen) atoms. The molecule has 7 atom stereocenters. The van der Waals surface area contributed by atoms with E-state index >= 15 is 0 Å². The minimum Gasteiger partial charge on any atom is -0.691 e. The topological polar surface area (TPSA) is 452 Å². The Kier molecular flexibility index (Phi) is 42.6. The number of nitrogens with zero attached hydrogens (tertiary/aromatic N) is 3. The smallest absolute Gasteiger partial charge is 0.691 e. The summed E-state index contributed by atoms with van der Waals surface area (Å²) in [7, 11) is 1.29. The van der Waals surface area contributed by atoms with Crippen molar-refractivity contribution in [3.8, 4) is 5.75 Å². The SMILES string of the molecule is CC(C)C(=O)N1CCCC1C(=O)NC(C(=O)N[C@@H](CCCCN)C(=O)NCCCCN)C(C)C.CCN1C(=CC=CC=CC2=[N+](CCCCCC(=O)N[C@@H](Cc3ccc(O)cc3)C(=O)N[C@H](C(=O)N[C@@H](C)C(=O)N[C@@H](CC(=O)O)C(=O)NC)C(C)C)c3ccc(SOO[O-])cc3C2(C)C)C(C)(C)c2cc(SOO[O-])ccc21.[K+]. The summed E-state index contributed by atoms with van der Waals surface area (Å²) in [4.78, 5) is 134. The van der Waals surface area contributed by atoms with Crippen LogP contribution in [0.3, 0.4) is 0 Å². The Morgan fingerprint density at radius 1 is 0.664 bits per heavy atom. The van der Waals surface area contributed by atoms with Crippen molar-refractivity contribution in [3.05, 3.63) is 113 Å². The first-order valence-electron chi connectivity index (χ1n) is 38.3. The van der Waals surface area contributed by atoms with Gasteiger partial charge in [0.1, 0.15) is 54.6 Å². The van der Waals surface area contributed by atoms with E-state index in [1.165, 1.54) is 26.1 Å². The molecule has 0 bridgehead atoms. The zero-order valence-electron chi connectivity index (χ0n) is 67.6. The number of aromatic hydroxyl groups is 1. The Labute approximate surface area is 714 Å². The number of hydrogen-bond acceptors (Lipinski definition) is 22. The molecule has 2 unspecified atom stereocenters. The molecule has 3 heterocycles. The van der Waals surface area contributed by atoms with Crippen LogP contribution in [0.15, 0.2) is 107 Å². The second kappa shape index (κ2) is 49.1. The normalized spacial score (nSPS) is 16.6. The van der Waals surface area contributed by atoms with E-state index in [1.54, 1.807) is 30.9 Å². The Balaban J connectivity index is 0.000000643. The summed E-state index contributed by atoms with van der Waals surface area (Å²) >= 11 is 1.67. The number of anilines is 1. The first kappa shape index (κ1) is 98.2. The van der Waals surface area contributed by atoms with Crippen LogP contribution in [-0.4, -0.2) is 173 Å². The van der Waals surface area contributed by atoms with Crippen LogP contribution in [0.4, 0.5) is 11.4 Å². The van der Waals surface area contributed by atoms with E-state index in [4.69, 9.17) is 11.5 Å². The van der Waals surface area contributed by atoms with Crippen molar-refractivity contribution >= 4 is 100 Å². The van der Waals surface area contributed by atoms with E-state index in [-0.39, 0.29) is 105 Å². The fourth-order valence-corrected chi connectivity index (χ4v) is 14.4. The summed E-state index contributed by atoms with van der Waals surface area (Å²) in [5.41, 5.74) is 17.1. The molecule has 31 nitrogen and oxygen atoms in total. The number of nitrogens with one attached hydrogen (secondary N) is 8. The van der Waals surface area contributed by atoms with Gasteiger partial charge in [-0.1, -0.05) is 85.8 Å². The maximum absolute atomic E-state index is 14.0. The van der Waals surface area contributed by atoms with Gasteiger partial charge < -0.3 is 84.5 Å². The molecular formula is C79H116KN13O18S2. The van der Waals surface area contributed by atoms with Crippen molar-refractivity contribution in [1.82, 2.24) is 47.4 Å². The molecule has 6 rings (SSSR count). The number of unbranched alkanes of at least 4 members (excludes halogenated alkanes) is 4. The molecule has 3 aliphatic rings. The largest absolute Gasteiger partial charge is 1.00 e. The molecule has 618 valence electrons. The number of nitrogens with two attached hydrogens (primary N) is 2. The van der Waals surface area contributed by atoms with Gasteiger partial charge in [-0.2, -0.15) is 13.2 Å². The average Bonchev–Trinajstić information content (AvgIpc) is 1.60. The molecule has 14 N–H and O–H groups in total. The van der Waals surface area contributed by atoms with Crippen LogP contribution in [0.5, 0.6) is 5.75 Å². The van der Waals surface area contributed by atoms with Gasteiger partial charge in [0.25, 0.3) is 0 Å². The van der Waals surface area contributed by atoms with Crippen LogP contribution in [0.25, 0.3) is 0 Å². The van der Waals surface area contributed by atoms with Crippen molar-refractivity contribution in [1.29, 1.82) is 0 Å². The van der Waals surface area contributed by atoms with Gasteiger partial charge in [0.15, 0.2) is 5.71 Å². The van der Waals surface area contributed by atoms with Crippen molar-refractivity contribution in [3.63, 3.8) is 0 Å². The molecule has 1 fully saturated rings. The second-order valence-electron chi connectivity index (χ2n) is 29.9. The standard InChI is InChI=1S/C55H71N7O14S2.C24H46N6O4.K/c1-10-61-43-26-24-37(77-75-73-71)30-39(43)54(5,6)45(61)17-13-11-14-18-46-55(7,8)40-31-38(78-76-74-72)25-27-44(40)62(46)28-16-12-15-19-47(64)58-41(29-35-20-22-36(63)23-21-35)52(69)60-49(33(2)3)53(70)57-34(4)50(67)59-42(32-48(65)66)51(68)56-9;1-16(2)20(29-22(32)19-11-9-15-30(19)24(34)17(3)4)23(33)28-18(10-5-6-12-25)21(31)27-14-8-7-13-26;/h11,13-14,17-18,20-27,30-31,33-34,41-42,49H,10,12,15-16,19,28-29,32H2,1-9H3,(H8-,56,57,58,59,60,63,64,65,66,67,68,69,70,71,72);16-20H,5-15,25-26H2,1-4H3,(H,27,31)(H,28,33)(H,29,32);/q;;+1/p-1/t34-,41-,42-,49-;18-,19?,20?;/m00./s1. The number of fused-ring (bicyclic) bond motifs is 2. The number of benzene rings is 3. The minimum absolute atomic E-state index is 0. The molecule has 1 saturated heterocycles. The summed E-state index contributed by atoms with van der Waals surface area (Å²) < 4.78 is 11.5. The summed E-state index contributed by atoms with van der Waals surface area (Å²) in [6.45, 7) is 26.1. The Morgan fingerprint density at radius 2 is 1.27 bits per heavy atom. The molecule has 9 amide bonds. The molecule has 3 aliphatic heterocycles. The van der Waals surface area contributed by atoms with E-state index in [0.29, 0.717) is 81.7 Å². The van der Waals surface area contributed by atoms with Gasteiger partial charge in [-0.3, -0.25) is 58.0 Å². The number of likely N-dealkylation sites (tertiary alicyclic amines) is 1.